The fourth-order valence-electron chi connectivity index (χ4n) is 2.29. The van der Waals surface area contributed by atoms with Crippen molar-refractivity contribution in [1.82, 2.24) is 10.6 Å². The fraction of sp³-hybridized carbons (Fsp3) is 0.294. The van der Waals surface area contributed by atoms with Crippen LogP contribution in [0.1, 0.15) is 28.8 Å². The number of carbonyl (C=O) groups is 2. The molecule has 7 heteroatoms. The van der Waals surface area contributed by atoms with Crippen molar-refractivity contribution >= 4 is 23.2 Å². The van der Waals surface area contributed by atoms with Gasteiger partial charge in [-0.2, -0.15) is 11.3 Å². The second-order valence-corrected chi connectivity index (χ2v) is 6.12. The van der Waals surface area contributed by atoms with E-state index in [9.17, 15) is 9.59 Å². The molecule has 2 amide bonds. The highest BCUT2D eigenvalue weighted by Gasteiger charge is 2.13. The van der Waals surface area contributed by atoms with Crippen molar-refractivity contribution in [3.8, 4) is 11.5 Å². The Hall–Kier alpha value is -2.54. The standard InChI is InChI=1S/C17H18N2O4S/c20-16(2-1-6-18-17(21)13-5-7-24-10-13)19-9-12-3-4-14-15(8-12)23-11-22-14/h3-5,7-8,10H,1-2,6,9,11H2,(H,18,21)(H,19,20). The second kappa shape index (κ2) is 7.83. The maximum atomic E-state index is 11.8. The first kappa shape index (κ1) is 16.3. The molecule has 1 aliphatic heterocycles. The van der Waals surface area contributed by atoms with Gasteiger partial charge in [-0.3, -0.25) is 9.59 Å². The van der Waals surface area contributed by atoms with Gasteiger partial charge in [-0.1, -0.05) is 6.07 Å². The number of thiophene rings is 1. The number of rotatable bonds is 7. The van der Waals surface area contributed by atoms with Gasteiger partial charge in [-0.25, -0.2) is 0 Å². The highest BCUT2D eigenvalue weighted by Crippen LogP contribution is 2.32. The SMILES string of the molecule is O=C(CCCNC(=O)c1ccsc1)NCc1ccc2c(c1)OCO2. The third-order valence-corrected chi connectivity index (χ3v) is 4.26. The molecule has 0 saturated heterocycles. The molecule has 1 aromatic heterocycles. The third-order valence-electron chi connectivity index (χ3n) is 3.58. The van der Waals surface area contributed by atoms with E-state index in [1.54, 1.807) is 11.4 Å². The highest BCUT2D eigenvalue weighted by molar-refractivity contribution is 7.08. The van der Waals surface area contributed by atoms with Gasteiger partial charge in [-0.15, -0.1) is 0 Å². The zero-order valence-corrected chi connectivity index (χ0v) is 13.9. The van der Waals surface area contributed by atoms with Crippen LogP contribution < -0.4 is 20.1 Å². The van der Waals surface area contributed by atoms with Gasteiger partial charge in [0.05, 0.1) is 0 Å². The molecule has 2 heterocycles. The minimum absolute atomic E-state index is 0.0440. The lowest BCUT2D eigenvalue weighted by molar-refractivity contribution is -0.121. The minimum atomic E-state index is -0.1000. The van der Waals surface area contributed by atoms with Crippen molar-refractivity contribution in [2.75, 3.05) is 13.3 Å². The molecule has 126 valence electrons. The quantitative estimate of drug-likeness (QED) is 0.754. The van der Waals surface area contributed by atoms with Crippen LogP contribution in [-0.2, 0) is 11.3 Å². The third kappa shape index (κ3) is 4.26. The molecule has 1 aliphatic rings. The molecule has 3 rings (SSSR count). The Balaban J connectivity index is 1.33. The lowest BCUT2D eigenvalue weighted by Gasteiger charge is -2.07. The van der Waals surface area contributed by atoms with Gasteiger partial charge in [0.1, 0.15) is 0 Å². The number of benzene rings is 1. The van der Waals surface area contributed by atoms with E-state index in [4.69, 9.17) is 9.47 Å². The predicted octanol–water partition coefficient (Wildman–Crippen LogP) is 2.30. The molecule has 6 nitrogen and oxygen atoms in total. The number of hydrogen-bond donors (Lipinski definition) is 2. The maximum absolute atomic E-state index is 11.8. The van der Waals surface area contributed by atoms with E-state index >= 15 is 0 Å². The first-order valence-electron chi connectivity index (χ1n) is 7.68. The van der Waals surface area contributed by atoms with E-state index in [1.807, 2.05) is 23.6 Å². The van der Waals surface area contributed by atoms with Gasteiger partial charge in [0.2, 0.25) is 12.7 Å². The summed E-state index contributed by atoms with van der Waals surface area (Å²) in [4.78, 5) is 23.6. The number of hydrogen-bond acceptors (Lipinski definition) is 5. The molecule has 2 N–H and O–H groups in total. The molecule has 1 aromatic carbocycles. The first-order chi connectivity index (χ1) is 11.7. The Morgan fingerprint density at radius 1 is 1.12 bits per heavy atom. The van der Waals surface area contributed by atoms with Crippen LogP contribution >= 0.6 is 11.3 Å². The largest absolute Gasteiger partial charge is 0.454 e. The summed E-state index contributed by atoms with van der Waals surface area (Å²) in [7, 11) is 0. The molecule has 0 bridgehead atoms. The molecule has 24 heavy (non-hydrogen) atoms. The van der Waals surface area contributed by atoms with Crippen molar-refractivity contribution in [2.45, 2.75) is 19.4 Å². The minimum Gasteiger partial charge on any atom is -0.454 e. The summed E-state index contributed by atoms with van der Waals surface area (Å²) < 4.78 is 10.6. The van der Waals surface area contributed by atoms with Crippen LogP contribution in [0, 0.1) is 0 Å². The smallest absolute Gasteiger partial charge is 0.252 e. The van der Waals surface area contributed by atoms with E-state index in [-0.39, 0.29) is 18.6 Å². The normalized spacial score (nSPS) is 12.0. The van der Waals surface area contributed by atoms with Crippen molar-refractivity contribution in [3.05, 3.63) is 46.2 Å². The average Bonchev–Trinajstić information content (AvgIpc) is 3.27. The van der Waals surface area contributed by atoms with Crippen LogP contribution in [0.25, 0.3) is 0 Å². The van der Waals surface area contributed by atoms with Crippen LogP contribution in [0.15, 0.2) is 35.0 Å². The number of amides is 2. The van der Waals surface area contributed by atoms with Crippen molar-refractivity contribution < 1.29 is 19.1 Å². The monoisotopic (exact) mass is 346 g/mol. The zero-order chi connectivity index (χ0) is 16.8. The summed E-state index contributed by atoms with van der Waals surface area (Å²) in [6, 6.07) is 7.38. The van der Waals surface area contributed by atoms with Crippen molar-refractivity contribution in [2.24, 2.45) is 0 Å². The Kier molecular flexibility index (Phi) is 5.32. The van der Waals surface area contributed by atoms with Gasteiger partial charge in [-0.05, 0) is 35.6 Å². The summed E-state index contributed by atoms with van der Waals surface area (Å²) in [6.07, 6.45) is 0.970. The van der Waals surface area contributed by atoms with E-state index < -0.39 is 0 Å². The summed E-state index contributed by atoms with van der Waals surface area (Å²) in [6.45, 7) is 1.16. The van der Waals surface area contributed by atoms with Crippen LogP contribution in [0.2, 0.25) is 0 Å². The Labute approximate surface area is 143 Å². The molecule has 0 spiro atoms. The summed E-state index contributed by atoms with van der Waals surface area (Å²) >= 11 is 1.48. The molecule has 0 unspecified atom stereocenters. The van der Waals surface area contributed by atoms with Crippen LogP contribution in [0.4, 0.5) is 0 Å². The van der Waals surface area contributed by atoms with Crippen molar-refractivity contribution in [3.63, 3.8) is 0 Å². The topological polar surface area (TPSA) is 76.7 Å². The average molecular weight is 346 g/mol. The van der Waals surface area contributed by atoms with Gasteiger partial charge in [0.15, 0.2) is 11.5 Å². The Morgan fingerprint density at radius 2 is 2.00 bits per heavy atom. The molecule has 0 atom stereocenters. The lowest BCUT2D eigenvalue weighted by Crippen LogP contribution is -2.27. The summed E-state index contributed by atoms with van der Waals surface area (Å²) in [5.41, 5.74) is 1.62. The van der Waals surface area contributed by atoms with Crippen molar-refractivity contribution in [1.29, 1.82) is 0 Å². The van der Waals surface area contributed by atoms with Gasteiger partial charge < -0.3 is 20.1 Å². The second-order valence-electron chi connectivity index (χ2n) is 5.34. The van der Waals surface area contributed by atoms with E-state index in [2.05, 4.69) is 10.6 Å². The molecule has 2 aromatic rings. The van der Waals surface area contributed by atoms with E-state index in [0.29, 0.717) is 37.2 Å². The number of carbonyl (C=O) groups excluding carboxylic acids is 2. The Bertz CT molecular complexity index is 715. The van der Waals surface area contributed by atoms with Crippen LogP contribution in [0.5, 0.6) is 11.5 Å². The van der Waals surface area contributed by atoms with Gasteiger partial charge >= 0.3 is 0 Å². The summed E-state index contributed by atoms with van der Waals surface area (Å²) in [5, 5.41) is 9.32. The number of ether oxygens (including phenoxy) is 2. The first-order valence-corrected chi connectivity index (χ1v) is 8.62. The highest BCUT2D eigenvalue weighted by atomic mass is 32.1. The molecular formula is C17H18N2O4S. The molecule has 0 aliphatic carbocycles. The molecular weight excluding hydrogens is 328 g/mol. The number of nitrogens with one attached hydrogen (secondary N) is 2. The zero-order valence-electron chi connectivity index (χ0n) is 13.0. The fourth-order valence-corrected chi connectivity index (χ4v) is 2.92. The van der Waals surface area contributed by atoms with E-state index in [0.717, 1.165) is 11.3 Å². The molecule has 0 fully saturated rings. The lowest BCUT2D eigenvalue weighted by atomic mass is 10.2. The summed E-state index contributed by atoms with van der Waals surface area (Å²) in [5.74, 6) is 1.29. The van der Waals surface area contributed by atoms with Gasteiger partial charge in [0.25, 0.3) is 5.91 Å². The predicted molar refractivity (Wildman–Crippen MR) is 90.3 cm³/mol. The van der Waals surface area contributed by atoms with Crippen LogP contribution in [0.3, 0.4) is 0 Å². The molecule has 0 saturated carbocycles. The maximum Gasteiger partial charge on any atom is 0.252 e. The van der Waals surface area contributed by atoms with E-state index in [1.165, 1.54) is 11.3 Å². The number of fused-ring (bicyclic) bond motifs is 1. The Morgan fingerprint density at radius 3 is 2.83 bits per heavy atom. The molecule has 0 radical (unpaired) electrons. The van der Waals surface area contributed by atoms with Crippen LogP contribution in [-0.4, -0.2) is 25.2 Å². The van der Waals surface area contributed by atoms with Gasteiger partial charge in [0, 0.05) is 30.5 Å².